The summed E-state index contributed by atoms with van der Waals surface area (Å²) in [7, 11) is 0. The van der Waals surface area contributed by atoms with Gasteiger partial charge in [-0.25, -0.2) is 4.79 Å². The molecule has 202 valence electrons. The zero-order valence-electron chi connectivity index (χ0n) is 21.5. The molecule has 4 rings (SSSR count). The van der Waals surface area contributed by atoms with Crippen molar-refractivity contribution in [2.24, 2.45) is 0 Å². The third-order valence-electron chi connectivity index (χ3n) is 6.85. The Hall–Kier alpha value is -2.39. The second-order valence-electron chi connectivity index (χ2n) is 9.77. The summed E-state index contributed by atoms with van der Waals surface area (Å²) in [4.78, 5) is 42.2. The van der Waals surface area contributed by atoms with Gasteiger partial charge in [-0.2, -0.15) is 0 Å². The molecular formula is C27H37ClN4O4S. The molecule has 0 saturated carbocycles. The fourth-order valence-corrected chi connectivity index (χ4v) is 6.06. The van der Waals surface area contributed by atoms with Gasteiger partial charge in [-0.3, -0.25) is 14.5 Å². The molecule has 0 radical (unpaired) electrons. The maximum Gasteiger partial charge on any atom is 0.414 e. The summed E-state index contributed by atoms with van der Waals surface area (Å²) in [6, 6.07) is 5.74. The number of nitrogens with zero attached hydrogens (tertiary/aromatic N) is 2. The highest BCUT2D eigenvalue weighted by molar-refractivity contribution is 8.05. The number of ether oxygens (including phenoxy) is 1. The Labute approximate surface area is 228 Å². The molecule has 37 heavy (non-hydrogen) atoms. The van der Waals surface area contributed by atoms with E-state index in [1.165, 1.54) is 24.6 Å². The number of anilines is 3. The van der Waals surface area contributed by atoms with Gasteiger partial charge < -0.3 is 20.3 Å². The SMILES string of the molecule is CCCCCCCC(=O)Nc1cc(N2CC(CNC(=O)C3=CCC(Cl)S3)OC2=O)ccc1N1CCCC1. The molecule has 0 aromatic heterocycles. The number of thioether (sulfide) groups is 1. The zero-order chi connectivity index (χ0) is 26.2. The van der Waals surface area contributed by atoms with Crippen LogP contribution in [0.3, 0.4) is 0 Å². The number of hydrogen-bond donors (Lipinski definition) is 2. The maximum atomic E-state index is 12.7. The van der Waals surface area contributed by atoms with E-state index < -0.39 is 12.2 Å². The summed E-state index contributed by atoms with van der Waals surface area (Å²) in [6.07, 6.45) is 9.75. The molecule has 2 saturated heterocycles. The first-order valence-corrected chi connectivity index (χ1v) is 14.7. The van der Waals surface area contributed by atoms with Crippen molar-refractivity contribution in [1.29, 1.82) is 0 Å². The summed E-state index contributed by atoms with van der Waals surface area (Å²) < 4.78 is 5.41. The Kier molecular flexibility index (Phi) is 10.0. The third kappa shape index (κ3) is 7.57. The lowest BCUT2D eigenvalue weighted by molar-refractivity contribution is -0.117. The fourth-order valence-electron chi connectivity index (χ4n) is 4.84. The van der Waals surface area contributed by atoms with Gasteiger partial charge in [-0.05, 0) is 43.9 Å². The molecule has 0 bridgehead atoms. The highest BCUT2D eigenvalue weighted by atomic mass is 35.5. The predicted octanol–water partition coefficient (Wildman–Crippen LogP) is 5.61. The molecule has 0 aliphatic carbocycles. The van der Waals surface area contributed by atoms with Crippen molar-refractivity contribution in [2.75, 3.05) is 41.3 Å². The third-order valence-corrected chi connectivity index (χ3v) is 8.35. The first-order chi connectivity index (χ1) is 17.9. The standard InChI is InChI=1S/C27H37ClN4O4S/c1-2-3-4-5-6-9-25(33)30-21-16-19(10-11-22(21)31-14-7-8-15-31)32-18-20(36-27(32)35)17-29-26(34)23-12-13-24(28)37-23/h10-12,16,20,24H,2-9,13-15,17-18H2,1H3,(H,29,34)(H,30,33). The van der Waals surface area contributed by atoms with E-state index in [2.05, 4.69) is 22.5 Å². The maximum absolute atomic E-state index is 12.7. The zero-order valence-corrected chi connectivity index (χ0v) is 23.0. The molecule has 10 heteroatoms. The topological polar surface area (TPSA) is 91.0 Å². The first-order valence-electron chi connectivity index (χ1n) is 13.4. The number of nitrogens with one attached hydrogen (secondary N) is 2. The van der Waals surface area contributed by atoms with Crippen molar-refractivity contribution >= 4 is 58.3 Å². The van der Waals surface area contributed by atoms with Crippen LogP contribution in [0.5, 0.6) is 0 Å². The van der Waals surface area contributed by atoms with Crippen LogP contribution in [0.1, 0.15) is 64.7 Å². The van der Waals surface area contributed by atoms with Gasteiger partial charge in [0.1, 0.15) is 6.10 Å². The minimum atomic E-state index is -0.463. The van der Waals surface area contributed by atoms with Crippen molar-refractivity contribution in [3.63, 3.8) is 0 Å². The smallest absolute Gasteiger partial charge is 0.414 e. The number of cyclic esters (lactones) is 1. The number of hydrogen-bond acceptors (Lipinski definition) is 6. The molecule has 3 amide bonds. The Morgan fingerprint density at radius 2 is 1.95 bits per heavy atom. The van der Waals surface area contributed by atoms with Gasteiger partial charge in [-0.1, -0.05) is 38.7 Å². The molecule has 3 aliphatic rings. The van der Waals surface area contributed by atoms with Gasteiger partial charge in [0.2, 0.25) is 5.91 Å². The van der Waals surface area contributed by atoms with E-state index >= 15 is 0 Å². The van der Waals surface area contributed by atoms with E-state index in [4.69, 9.17) is 16.3 Å². The number of unbranched alkanes of at least 4 members (excludes halogenated alkanes) is 4. The molecule has 1 aromatic carbocycles. The van der Waals surface area contributed by atoms with Gasteiger partial charge in [0.05, 0.1) is 34.1 Å². The average molecular weight is 549 g/mol. The van der Waals surface area contributed by atoms with Crippen molar-refractivity contribution in [3.05, 3.63) is 29.2 Å². The molecule has 0 spiro atoms. The van der Waals surface area contributed by atoms with Crippen LogP contribution in [0.2, 0.25) is 0 Å². The van der Waals surface area contributed by atoms with E-state index in [9.17, 15) is 14.4 Å². The highest BCUT2D eigenvalue weighted by Gasteiger charge is 2.33. The minimum absolute atomic E-state index is 0.00282. The Morgan fingerprint density at radius 1 is 1.16 bits per heavy atom. The van der Waals surface area contributed by atoms with Gasteiger partial charge in [0, 0.05) is 25.2 Å². The van der Waals surface area contributed by atoms with Crippen molar-refractivity contribution in [3.8, 4) is 0 Å². The van der Waals surface area contributed by atoms with Gasteiger partial charge in [0.15, 0.2) is 0 Å². The summed E-state index contributed by atoms with van der Waals surface area (Å²) >= 11 is 7.39. The molecule has 3 heterocycles. The lowest BCUT2D eigenvalue weighted by atomic mass is 10.1. The molecule has 2 atom stereocenters. The number of allylic oxidation sites excluding steroid dienone is 1. The van der Waals surface area contributed by atoms with Crippen molar-refractivity contribution in [1.82, 2.24) is 5.32 Å². The van der Waals surface area contributed by atoms with Crippen LogP contribution in [0.4, 0.5) is 21.9 Å². The van der Waals surface area contributed by atoms with E-state index in [1.807, 2.05) is 24.3 Å². The number of benzene rings is 1. The van der Waals surface area contributed by atoms with Gasteiger partial charge in [-0.15, -0.1) is 23.4 Å². The van der Waals surface area contributed by atoms with E-state index in [1.54, 1.807) is 4.90 Å². The predicted molar refractivity (Wildman–Crippen MR) is 150 cm³/mol. The van der Waals surface area contributed by atoms with Crippen LogP contribution < -0.4 is 20.4 Å². The molecule has 2 N–H and O–H groups in total. The number of rotatable bonds is 12. The summed E-state index contributed by atoms with van der Waals surface area (Å²) in [5.41, 5.74) is 2.37. The van der Waals surface area contributed by atoms with Gasteiger partial charge >= 0.3 is 6.09 Å². The minimum Gasteiger partial charge on any atom is -0.442 e. The number of amides is 3. The van der Waals surface area contributed by atoms with E-state index in [0.29, 0.717) is 30.0 Å². The van der Waals surface area contributed by atoms with Gasteiger partial charge in [0.25, 0.3) is 5.91 Å². The summed E-state index contributed by atoms with van der Waals surface area (Å²) in [5.74, 6) is -0.200. The van der Waals surface area contributed by atoms with Crippen LogP contribution in [0, 0.1) is 0 Å². The Morgan fingerprint density at radius 3 is 2.68 bits per heavy atom. The molecule has 1 aromatic rings. The molecular weight excluding hydrogens is 512 g/mol. The first kappa shape index (κ1) is 27.6. The van der Waals surface area contributed by atoms with Crippen molar-refractivity contribution in [2.45, 2.75) is 75.5 Å². The summed E-state index contributed by atoms with van der Waals surface area (Å²) in [6.45, 7) is 4.62. The number of alkyl halides is 1. The fraction of sp³-hybridized carbons (Fsp3) is 0.593. The second-order valence-corrected chi connectivity index (χ2v) is 11.8. The van der Waals surface area contributed by atoms with Crippen molar-refractivity contribution < 1.29 is 19.1 Å². The quantitative estimate of drug-likeness (QED) is 0.260. The number of carbonyl (C=O) groups is 3. The van der Waals surface area contributed by atoms with Crippen LogP contribution in [-0.4, -0.2) is 54.9 Å². The number of carbonyl (C=O) groups excluding carboxylic acids is 3. The number of halogens is 1. The Balaban J connectivity index is 1.38. The Bertz CT molecular complexity index is 1010. The van der Waals surface area contributed by atoms with E-state index in [-0.39, 0.29) is 23.1 Å². The average Bonchev–Trinajstić information content (AvgIpc) is 3.64. The lowest BCUT2D eigenvalue weighted by Crippen LogP contribution is -2.34. The summed E-state index contributed by atoms with van der Waals surface area (Å²) in [5, 5.41) is 5.95. The van der Waals surface area contributed by atoms with Crippen LogP contribution in [0.15, 0.2) is 29.2 Å². The molecule has 2 fully saturated rings. The largest absolute Gasteiger partial charge is 0.442 e. The lowest BCUT2D eigenvalue weighted by Gasteiger charge is -2.24. The van der Waals surface area contributed by atoms with Crippen LogP contribution in [-0.2, 0) is 14.3 Å². The highest BCUT2D eigenvalue weighted by Crippen LogP contribution is 2.36. The molecule has 2 unspecified atom stereocenters. The monoisotopic (exact) mass is 548 g/mol. The normalized spacial score (nSPS) is 21.2. The second kappa shape index (κ2) is 13.4. The van der Waals surface area contributed by atoms with Crippen LogP contribution >= 0.6 is 23.4 Å². The molecule has 3 aliphatic heterocycles. The molecule has 8 nitrogen and oxygen atoms in total. The van der Waals surface area contributed by atoms with Crippen LogP contribution in [0.25, 0.3) is 0 Å². The van der Waals surface area contributed by atoms with E-state index in [0.717, 1.165) is 56.6 Å².